The summed E-state index contributed by atoms with van der Waals surface area (Å²) in [6.07, 6.45) is -3.56. The number of urea groups is 1. The smallest absolute Gasteiger partial charge is 0.338 e. The largest absolute Gasteiger partial charge is 0.401 e. The van der Waals surface area contributed by atoms with Crippen LogP contribution >= 0.6 is 0 Å². The zero-order chi connectivity index (χ0) is 16.9. The molecule has 8 heteroatoms. The Morgan fingerprint density at radius 1 is 1.26 bits per heavy atom. The molecule has 2 heterocycles. The lowest BCUT2D eigenvalue weighted by molar-refractivity contribution is -0.148. The fourth-order valence-corrected chi connectivity index (χ4v) is 2.51. The van der Waals surface area contributed by atoms with Gasteiger partial charge in [0.25, 0.3) is 0 Å². The molecular formula is C15H21F3N4O. The van der Waals surface area contributed by atoms with Crippen LogP contribution in [0.1, 0.15) is 11.4 Å². The molecule has 1 aliphatic heterocycles. The average molecular weight is 330 g/mol. The van der Waals surface area contributed by atoms with Gasteiger partial charge in [-0.15, -0.1) is 0 Å². The Balaban J connectivity index is 1.69. The average Bonchev–Trinajstić information content (AvgIpc) is 2.46. The van der Waals surface area contributed by atoms with E-state index in [1.165, 1.54) is 4.90 Å². The van der Waals surface area contributed by atoms with Crippen molar-refractivity contribution < 1.29 is 18.0 Å². The van der Waals surface area contributed by atoms with Gasteiger partial charge in [0.2, 0.25) is 0 Å². The van der Waals surface area contributed by atoms with Crippen LogP contribution in [0.4, 0.5) is 18.0 Å². The number of carbonyl (C=O) groups excluding carboxylic acids is 1. The highest BCUT2D eigenvalue weighted by Crippen LogP contribution is 2.17. The van der Waals surface area contributed by atoms with Crippen LogP contribution in [0.3, 0.4) is 0 Å². The molecule has 1 N–H and O–H groups in total. The first-order chi connectivity index (χ1) is 10.8. The summed E-state index contributed by atoms with van der Waals surface area (Å²) in [5.74, 6) is 0. The second kappa shape index (κ2) is 7.63. The highest BCUT2D eigenvalue weighted by atomic mass is 19.4. The number of nitrogens with zero attached hydrogens (tertiary/aromatic N) is 3. The van der Waals surface area contributed by atoms with E-state index in [-0.39, 0.29) is 19.1 Å². The van der Waals surface area contributed by atoms with E-state index in [0.29, 0.717) is 26.1 Å². The summed E-state index contributed by atoms with van der Waals surface area (Å²) in [7, 11) is 0. The van der Waals surface area contributed by atoms with Crippen molar-refractivity contribution in [3.63, 3.8) is 0 Å². The van der Waals surface area contributed by atoms with Crippen molar-refractivity contribution >= 4 is 6.03 Å². The van der Waals surface area contributed by atoms with E-state index in [9.17, 15) is 18.0 Å². The van der Waals surface area contributed by atoms with Gasteiger partial charge in [0.15, 0.2) is 0 Å². The van der Waals surface area contributed by atoms with Crippen LogP contribution < -0.4 is 5.32 Å². The molecule has 1 aliphatic rings. The van der Waals surface area contributed by atoms with E-state index >= 15 is 0 Å². The van der Waals surface area contributed by atoms with E-state index in [2.05, 4.69) is 10.3 Å². The first kappa shape index (κ1) is 17.5. The number of pyridine rings is 1. The number of alkyl halides is 3. The highest BCUT2D eigenvalue weighted by molar-refractivity contribution is 5.74. The van der Waals surface area contributed by atoms with Crippen molar-refractivity contribution in [3.8, 4) is 0 Å². The van der Waals surface area contributed by atoms with E-state index in [1.807, 2.05) is 25.1 Å². The van der Waals surface area contributed by atoms with E-state index in [1.54, 1.807) is 4.90 Å². The monoisotopic (exact) mass is 330 g/mol. The molecule has 0 saturated carbocycles. The first-order valence-electron chi connectivity index (χ1n) is 7.58. The molecule has 0 unspecified atom stereocenters. The summed E-state index contributed by atoms with van der Waals surface area (Å²) in [5.41, 5.74) is 1.83. The lowest BCUT2D eigenvalue weighted by atomic mass is 10.2. The summed E-state index contributed by atoms with van der Waals surface area (Å²) in [6, 6.07) is 5.49. The maximum Gasteiger partial charge on any atom is 0.401 e. The minimum atomic E-state index is -4.19. The van der Waals surface area contributed by atoms with Gasteiger partial charge in [-0.05, 0) is 19.1 Å². The third-order valence-electron chi connectivity index (χ3n) is 3.67. The number of amides is 2. The van der Waals surface area contributed by atoms with E-state index in [4.69, 9.17) is 0 Å². The van der Waals surface area contributed by atoms with Crippen molar-refractivity contribution in [1.82, 2.24) is 20.1 Å². The Labute approximate surface area is 133 Å². The molecule has 0 aliphatic carbocycles. The molecule has 128 valence electrons. The minimum Gasteiger partial charge on any atom is -0.338 e. The number of hydrogen-bond acceptors (Lipinski definition) is 3. The molecule has 1 fully saturated rings. The van der Waals surface area contributed by atoms with Crippen LogP contribution in [0.2, 0.25) is 0 Å². The Morgan fingerprint density at radius 3 is 2.57 bits per heavy atom. The molecule has 0 aromatic carbocycles. The number of nitrogens with one attached hydrogen (secondary N) is 1. The Bertz CT molecular complexity index is 528. The van der Waals surface area contributed by atoms with Crippen LogP contribution in [0.5, 0.6) is 0 Å². The summed E-state index contributed by atoms with van der Waals surface area (Å²) >= 11 is 0. The Hall–Kier alpha value is -1.83. The van der Waals surface area contributed by atoms with Gasteiger partial charge in [-0.3, -0.25) is 9.88 Å². The molecule has 2 rings (SSSR count). The number of halogens is 3. The van der Waals surface area contributed by atoms with Gasteiger partial charge < -0.3 is 10.2 Å². The van der Waals surface area contributed by atoms with E-state index in [0.717, 1.165) is 11.4 Å². The van der Waals surface area contributed by atoms with Crippen molar-refractivity contribution in [1.29, 1.82) is 0 Å². The van der Waals surface area contributed by atoms with Crippen LogP contribution in [-0.4, -0.2) is 66.3 Å². The fraction of sp³-hybridized carbons (Fsp3) is 0.600. The quantitative estimate of drug-likeness (QED) is 0.916. The summed E-state index contributed by atoms with van der Waals surface area (Å²) in [4.78, 5) is 19.2. The minimum absolute atomic E-state index is 0.232. The van der Waals surface area contributed by atoms with Crippen LogP contribution in [0, 0.1) is 6.92 Å². The van der Waals surface area contributed by atoms with Crippen molar-refractivity contribution in [2.75, 3.05) is 39.3 Å². The number of aromatic nitrogens is 1. The summed E-state index contributed by atoms with van der Waals surface area (Å²) in [5, 5.41) is 2.79. The fourth-order valence-electron chi connectivity index (χ4n) is 2.51. The van der Waals surface area contributed by atoms with Crippen LogP contribution in [-0.2, 0) is 6.42 Å². The molecule has 0 spiro atoms. The van der Waals surface area contributed by atoms with Crippen molar-refractivity contribution in [3.05, 3.63) is 29.6 Å². The first-order valence-corrected chi connectivity index (χ1v) is 7.58. The topological polar surface area (TPSA) is 48.5 Å². The molecule has 0 radical (unpaired) electrons. The number of aryl methyl sites for hydroxylation is 1. The second-order valence-electron chi connectivity index (χ2n) is 5.63. The maximum atomic E-state index is 12.3. The molecule has 23 heavy (non-hydrogen) atoms. The SMILES string of the molecule is Cc1cccc(CCNC(=O)N2CCN(CC(F)(F)F)CC2)n1. The Kier molecular flexibility index (Phi) is 5.81. The predicted molar refractivity (Wildman–Crippen MR) is 80.1 cm³/mol. The van der Waals surface area contributed by atoms with Gasteiger partial charge in [-0.2, -0.15) is 13.2 Å². The van der Waals surface area contributed by atoms with Gasteiger partial charge >= 0.3 is 12.2 Å². The second-order valence-corrected chi connectivity index (χ2v) is 5.63. The van der Waals surface area contributed by atoms with Gasteiger partial charge in [0.05, 0.1) is 6.54 Å². The molecule has 2 amide bonds. The summed E-state index contributed by atoms with van der Waals surface area (Å²) in [6.45, 7) is 2.55. The Morgan fingerprint density at radius 2 is 1.96 bits per heavy atom. The van der Waals surface area contributed by atoms with Gasteiger partial charge in [0.1, 0.15) is 0 Å². The molecule has 1 aromatic rings. The summed E-state index contributed by atoms with van der Waals surface area (Å²) < 4.78 is 36.9. The van der Waals surface area contributed by atoms with Crippen molar-refractivity contribution in [2.45, 2.75) is 19.5 Å². The van der Waals surface area contributed by atoms with Crippen LogP contribution in [0.25, 0.3) is 0 Å². The lowest BCUT2D eigenvalue weighted by Crippen LogP contribution is -2.53. The predicted octanol–water partition coefficient (Wildman–Crippen LogP) is 1.82. The number of piperazine rings is 1. The molecule has 0 bridgehead atoms. The van der Waals surface area contributed by atoms with Gasteiger partial charge in [0, 0.05) is 50.5 Å². The third kappa shape index (κ3) is 6.05. The third-order valence-corrected chi connectivity index (χ3v) is 3.67. The molecule has 5 nitrogen and oxygen atoms in total. The zero-order valence-electron chi connectivity index (χ0n) is 13.1. The number of hydrogen-bond donors (Lipinski definition) is 1. The van der Waals surface area contributed by atoms with Gasteiger partial charge in [-0.25, -0.2) is 4.79 Å². The standard InChI is InChI=1S/C15H21F3N4O/c1-12-3-2-4-13(20-12)5-6-19-14(23)22-9-7-21(8-10-22)11-15(16,17)18/h2-4H,5-11H2,1H3,(H,19,23). The lowest BCUT2D eigenvalue weighted by Gasteiger charge is -2.34. The van der Waals surface area contributed by atoms with Gasteiger partial charge in [-0.1, -0.05) is 6.07 Å². The molecular weight excluding hydrogens is 309 g/mol. The van der Waals surface area contributed by atoms with Crippen molar-refractivity contribution in [2.24, 2.45) is 0 Å². The van der Waals surface area contributed by atoms with E-state index < -0.39 is 12.7 Å². The van der Waals surface area contributed by atoms with Crippen LogP contribution in [0.15, 0.2) is 18.2 Å². The molecule has 1 aromatic heterocycles. The highest BCUT2D eigenvalue weighted by Gasteiger charge is 2.32. The molecule has 0 atom stereocenters. The zero-order valence-corrected chi connectivity index (χ0v) is 13.1. The normalized spacial score (nSPS) is 16.4. The maximum absolute atomic E-state index is 12.3. The molecule has 1 saturated heterocycles. The number of rotatable bonds is 4. The number of carbonyl (C=O) groups is 1.